The fraction of sp³-hybridized carbons (Fsp3) is 0.650. The lowest BCUT2D eigenvalue weighted by atomic mass is 9.52. The van der Waals surface area contributed by atoms with Crippen molar-refractivity contribution in [3.8, 4) is 0 Å². The minimum atomic E-state index is -0.204. The molecule has 0 amide bonds. The Morgan fingerprint density at radius 3 is 2.17 bits per heavy atom. The lowest BCUT2D eigenvalue weighted by molar-refractivity contribution is -0.0829. The number of hydrogen-bond donors (Lipinski definition) is 0. The molecule has 132 valence electrons. The first-order valence-corrected chi connectivity index (χ1v) is 9.08. The van der Waals surface area contributed by atoms with E-state index in [4.69, 9.17) is 4.74 Å². The molecule has 4 bridgehead atoms. The van der Waals surface area contributed by atoms with Gasteiger partial charge in [-0.15, -0.1) is 12.4 Å². The molecule has 0 spiro atoms. The Hall–Kier alpha value is -1.06. The quantitative estimate of drug-likeness (QED) is 0.747. The van der Waals surface area contributed by atoms with E-state index in [9.17, 15) is 4.79 Å². The number of benzene rings is 1. The molecule has 0 heterocycles. The van der Waals surface area contributed by atoms with Crippen LogP contribution in [-0.4, -0.2) is 36.6 Å². The Balaban J connectivity index is 0.00000169. The molecule has 4 saturated carbocycles. The number of likely N-dealkylation sites (N-methyl/N-ethyl adjacent to an activating group) is 1. The maximum Gasteiger partial charge on any atom is 0.338 e. The predicted octanol–water partition coefficient (Wildman–Crippen LogP) is 4.17. The van der Waals surface area contributed by atoms with Crippen LogP contribution in [0, 0.1) is 17.8 Å². The highest BCUT2D eigenvalue weighted by Crippen LogP contribution is 2.57. The van der Waals surface area contributed by atoms with E-state index in [1.54, 1.807) is 0 Å². The molecule has 4 aliphatic carbocycles. The van der Waals surface area contributed by atoms with E-state index in [1.165, 1.54) is 38.5 Å². The number of esters is 1. The third-order valence-electron chi connectivity index (χ3n) is 6.49. The fourth-order valence-corrected chi connectivity index (χ4v) is 5.70. The van der Waals surface area contributed by atoms with Crippen LogP contribution in [0.3, 0.4) is 0 Å². The maximum absolute atomic E-state index is 12.0. The average molecular weight is 350 g/mol. The van der Waals surface area contributed by atoms with Crippen LogP contribution < -0.4 is 0 Å². The lowest BCUT2D eigenvalue weighted by Gasteiger charge is -2.60. The third-order valence-corrected chi connectivity index (χ3v) is 6.49. The molecule has 4 fully saturated rings. The monoisotopic (exact) mass is 349 g/mol. The highest BCUT2D eigenvalue weighted by Gasteiger charge is 2.52. The first-order chi connectivity index (χ1) is 11.1. The molecule has 0 N–H and O–H groups in total. The van der Waals surface area contributed by atoms with Crippen molar-refractivity contribution in [1.82, 2.24) is 4.90 Å². The molecule has 24 heavy (non-hydrogen) atoms. The normalized spacial score (nSPS) is 33.3. The van der Waals surface area contributed by atoms with E-state index in [0.29, 0.717) is 17.7 Å². The summed E-state index contributed by atoms with van der Waals surface area (Å²) in [5, 5.41) is 0. The lowest BCUT2D eigenvalue weighted by Crippen LogP contribution is -2.59. The SMILES string of the molecule is CN(CCOC(=O)c1ccccc1)C12CC3CC(CC(C3)C1)C2.Cl. The van der Waals surface area contributed by atoms with Crippen LogP contribution in [0.25, 0.3) is 0 Å². The Labute approximate surface area is 151 Å². The molecule has 4 heteroatoms. The zero-order valence-electron chi connectivity index (χ0n) is 14.4. The van der Waals surface area contributed by atoms with Gasteiger partial charge in [-0.3, -0.25) is 4.90 Å². The Morgan fingerprint density at radius 1 is 1.08 bits per heavy atom. The van der Waals surface area contributed by atoms with Crippen LogP contribution in [0.2, 0.25) is 0 Å². The molecule has 0 saturated heterocycles. The summed E-state index contributed by atoms with van der Waals surface area (Å²) in [6.45, 7) is 1.34. The second-order valence-corrected chi connectivity index (χ2v) is 8.07. The van der Waals surface area contributed by atoms with Crippen molar-refractivity contribution in [3.63, 3.8) is 0 Å². The summed E-state index contributed by atoms with van der Waals surface area (Å²) >= 11 is 0. The Bertz CT molecular complexity index is 539. The van der Waals surface area contributed by atoms with Gasteiger partial charge < -0.3 is 4.74 Å². The predicted molar refractivity (Wildman–Crippen MR) is 97.5 cm³/mol. The van der Waals surface area contributed by atoms with E-state index in [0.717, 1.165) is 24.3 Å². The summed E-state index contributed by atoms with van der Waals surface area (Å²) in [4.78, 5) is 14.5. The third kappa shape index (κ3) is 3.34. The fourth-order valence-electron chi connectivity index (χ4n) is 5.70. The van der Waals surface area contributed by atoms with Gasteiger partial charge in [-0.25, -0.2) is 4.79 Å². The van der Waals surface area contributed by atoms with Crippen molar-refractivity contribution in [2.24, 2.45) is 17.8 Å². The minimum Gasteiger partial charge on any atom is -0.461 e. The Morgan fingerprint density at radius 2 is 1.62 bits per heavy atom. The zero-order chi connectivity index (χ0) is 15.9. The van der Waals surface area contributed by atoms with Crippen molar-refractivity contribution in [2.45, 2.75) is 44.1 Å². The number of hydrogen-bond acceptors (Lipinski definition) is 3. The number of nitrogens with zero attached hydrogens (tertiary/aromatic N) is 1. The first-order valence-electron chi connectivity index (χ1n) is 9.08. The second kappa shape index (κ2) is 7.05. The van der Waals surface area contributed by atoms with Gasteiger partial charge in [0.2, 0.25) is 0 Å². The summed E-state index contributed by atoms with van der Waals surface area (Å²) in [6, 6.07) is 9.28. The van der Waals surface area contributed by atoms with Gasteiger partial charge in [0.25, 0.3) is 0 Å². The summed E-state index contributed by atoms with van der Waals surface area (Å²) < 4.78 is 5.48. The molecule has 4 aliphatic rings. The largest absolute Gasteiger partial charge is 0.461 e. The summed E-state index contributed by atoms with van der Waals surface area (Å²) in [5.41, 5.74) is 1.04. The van der Waals surface area contributed by atoms with Gasteiger partial charge in [0.15, 0.2) is 0 Å². The number of halogens is 1. The van der Waals surface area contributed by atoms with E-state index >= 15 is 0 Å². The van der Waals surface area contributed by atoms with Crippen LogP contribution in [0.1, 0.15) is 48.9 Å². The zero-order valence-corrected chi connectivity index (χ0v) is 15.3. The van der Waals surface area contributed by atoms with Gasteiger partial charge in [0, 0.05) is 12.1 Å². The van der Waals surface area contributed by atoms with Gasteiger partial charge in [-0.05, 0) is 75.5 Å². The van der Waals surface area contributed by atoms with Gasteiger partial charge in [0.1, 0.15) is 6.61 Å². The molecule has 1 aromatic carbocycles. The summed E-state index contributed by atoms with van der Waals surface area (Å²) in [6.07, 6.45) is 8.49. The van der Waals surface area contributed by atoms with Crippen molar-refractivity contribution in [2.75, 3.05) is 20.2 Å². The molecule has 0 aromatic heterocycles. The Kier molecular flexibility index (Phi) is 5.22. The highest BCUT2D eigenvalue weighted by molar-refractivity contribution is 5.89. The standard InChI is InChI=1S/C20H27NO2.ClH/c1-21(7-8-23-19(22)18-5-3-2-4-6-18)20-12-15-9-16(13-20)11-17(10-15)14-20;/h2-6,15-17H,7-14H2,1H3;1H. The summed E-state index contributed by atoms with van der Waals surface area (Å²) in [7, 11) is 2.24. The van der Waals surface area contributed by atoms with Crippen molar-refractivity contribution in [3.05, 3.63) is 35.9 Å². The van der Waals surface area contributed by atoms with E-state index in [2.05, 4.69) is 11.9 Å². The number of rotatable bonds is 5. The van der Waals surface area contributed by atoms with E-state index in [1.807, 2.05) is 30.3 Å². The second-order valence-electron chi connectivity index (χ2n) is 8.07. The number of carbonyl (C=O) groups is 1. The van der Waals surface area contributed by atoms with E-state index in [-0.39, 0.29) is 18.4 Å². The molecule has 0 atom stereocenters. The molecule has 0 radical (unpaired) electrons. The molecule has 0 unspecified atom stereocenters. The van der Waals surface area contributed by atoms with Crippen molar-refractivity contribution in [1.29, 1.82) is 0 Å². The van der Waals surface area contributed by atoms with Crippen LogP contribution in [0.4, 0.5) is 0 Å². The molecular formula is C20H28ClNO2. The van der Waals surface area contributed by atoms with Crippen LogP contribution in [0.5, 0.6) is 0 Å². The van der Waals surface area contributed by atoms with Crippen LogP contribution in [-0.2, 0) is 4.74 Å². The first kappa shape index (κ1) is 17.8. The van der Waals surface area contributed by atoms with Crippen molar-refractivity contribution < 1.29 is 9.53 Å². The molecule has 3 nitrogen and oxygen atoms in total. The molecule has 1 aromatic rings. The van der Waals surface area contributed by atoms with Gasteiger partial charge >= 0.3 is 5.97 Å². The summed E-state index contributed by atoms with van der Waals surface area (Å²) in [5.74, 6) is 2.66. The average Bonchev–Trinajstić information content (AvgIpc) is 2.54. The van der Waals surface area contributed by atoms with Gasteiger partial charge in [0.05, 0.1) is 5.56 Å². The van der Waals surface area contributed by atoms with E-state index < -0.39 is 0 Å². The number of ether oxygens (including phenoxy) is 1. The van der Waals surface area contributed by atoms with Crippen LogP contribution in [0.15, 0.2) is 30.3 Å². The smallest absolute Gasteiger partial charge is 0.338 e. The molecular weight excluding hydrogens is 322 g/mol. The minimum absolute atomic E-state index is 0. The van der Waals surface area contributed by atoms with Gasteiger partial charge in [-0.2, -0.15) is 0 Å². The number of carbonyl (C=O) groups excluding carboxylic acids is 1. The topological polar surface area (TPSA) is 29.5 Å². The van der Waals surface area contributed by atoms with Crippen LogP contribution >= 0.6 is 12.4 Å². The highest BCUT2D eigenvalue weighted by atomic mass is 35.5. The molecule has 0 aliphatic heterocycles. The molecule has 5 rings (SSSR count). The maximum atomic E-state index is 12.0. The van der Waals surface area contributed by atoms with Crippen molar-refractivity contribution >= 4 is 18.4 Å². The van der Waals surface area contributed by atoms with Gasteiger partial charge in [-0.1, -0.05) is 18.2 Å².